The fourth-order valence-corrected chi connectivity index (χ4v) is 3.44. The minimum Gasteiger partial charge on any atom is -0.354 e. The lowest BCUT2D eigenvalue weighted by molar-refractivity contribution is -0.135. The monoisotopic (exact) mass is 390 g/mol. The van der Waals surface area contributed by atoms with Crippen LogP contribution in [0.1, 0.15) is 24.0 Å². The zero-order chi connectivity index (χ0) is 18.5. The Balaban J connectivity index is 1.57. The van der Waals surface area contributed by atoms with Gasteiger partial charge in [-0.15, -0.1) is 0 Å². The Morgan fingerprint density at radius 3 is 2.58 bits per heavy atom. The van der Waals surface area contributed by atoms with Gasteiger partial charge >= 0.3 is 0 Å². The van der Waals surface area contributed by atoms with E-state index in [1.165, 1.54) is 0 Å². The van der Waals surface area contributed by atoms with E-state index < -0.39 is 6.04 Å². The van der Waals surface area contributed by atoms with Crippen LogP contribution in [0.5, 0.6) is 0 Å². The van der Waals surface area contributed by atoms with Crippen LogP contribution in [0.3, 0.4) is 0 Å². The Bertz CT molecular complexity index is 793. The van der Waals surface area contributed by atoms with Gasteiger partial charge in [0, 0.05) is 29.6 Å². The summed E-state index contributed by atoms with van der Waals surface area (Å²) in [5.74, 6) is -0.125. The fraction of sp³-hybridized carbons (Fsp3) is 0.300. The molecule has 1 aliphatic rings. The number of likely N-dealkylation sites (tertiary alicyclic amines) is 1. The fourth-order valence-electron chi connectivity index (χ4n) is 3.11. The molecule has 0 aromatic heterocycles. The molecule has 26 heavy (non-hydrogen) atoms. The number of hydrogen-bond acceptors (Lipinski definition) is 2. The zero-order valence-electron chi connectivity index (χ0n) is 14.3. The van der Waals surface area contributed by atoms with Crippen molar-refractivity contribution in [2.24, 2.45) is 0 Å². The zero-order valence-corrected chi connectivity index (χ0v) is 15.8. The molecular formula is C20H20Cl2N2O2. The van der Waals surface area contributed by atoms with Crippen LogP contribution in [0.15, 0.2) is 48.5 Å². The summed E-state index contributed by atoms with van der Waals surface area (Å²) in [4.78, 5) is 26.4. The summed E-state index contributed by atoms with van der Waals surface area (Å²) in [5, 5.41) is 4.24. The van der Waals surface area contributed by atoms with Crippen LogP contribution in [0.2, 0.25) is 10.0 Å². The van der Waals surface area contributed by atoms with Crippen LogP contribution in [0.25, 0.3) is 0 Å². The van der Waals surface area contributed by atoms with Crippen molar-refractivity contribution in [3.8, 4) is 0 Å². The summed E-state index contributed by atoms with van der Waals surface area (Å²) in [5.41, 5.74) is 1.95. The number of amides is 2. The van der Waals surface area contributed by atoms with Gasteiger partial charge in [-0.3, -0.25) is 9.59 Å². The normalized spacial score (nSPS) is 16.8. The first-order chi connectivity index (χ1) is 12.5. The predicted octanol–water partition coefficient (Wildman–Crippen LogP) is 3.84. The lowest BCUT2D eigenvalue weighted by atomic mass is 10.1. The third kappa shape index (κ3) is 4.57. The van der Waals surface area contributed by atoms with Gasteiger partial charge in [-0.2, -0.15) is 0 Å². The summed E-state index contributed by atoms with van der Waals surface area (Å²) in [6.07, 6.45) is 1.64. The summed E-state index contributed by atoms with van der Waals surface area (Å²) in [6.45, 7) is 0.874. The predicted molar refractivity (Wildman–Crippen MR) is 103 cm³/mol. The van der Waals surface area contributed by atoms with Gasteiger partial charge in [-0.05, 0) is 42.2 Å². The summed E-state index contributed by atoms with van der Waals surface area (Å²) in [7, 11) is 0. The Kier molecular flexibility index (Phi) is 6.17. The molecule has 136 valence electrons. The smallest absolute Gasteiger partial charge is 0.242 e. The summed E-state index contributed by atoms with van der Waals surface area (Å²) < 4.78 is 0. The highest BCUT2D eigenvalue weighted by molar-refractivity contribution is 6.31. The molecule has 0 bridgehead atoms. The van der Waals surface area contributed by atoms with Crippen molar-refractivity contribution in [3.05, 3.63) is 69.7 Å². The second kappa shape index (κ2) is 8.56. The summed E-state index contributed by atoms with van der Waals surface area (Å²) >= 11 is 12.1. The SMILES string of the molecule is O=C(NCCc1ccc(Cl)cc1)[C@@H]1CCC(=O)N1Cc1ccccc1Cl. The highest BCUT2D eigenvalue weighted by Crippen LogP contribution is 2.24. The van der Waals surface area contributed by atoms with E-state index in [1.54, 1.807) is 11.0 Å². The molecule has 0 spiro atoms. The highest BCUT2D eigenvalue weighted by Gasteiger charge is 2.35. The number of hydrogen-bond donors (Lipinski definition) is 1. The van der Waals surface area contributed by atoms with E-state index >= 15 is 0 Å². The Morgan fingerprint density at radius 2 is 1.85 bits per heavy atom. The third-order valence-electron chi connectivity index (χ3n) is 4.56. The quantitative estimate of drug-likeness (QED) is 0.814. The maximum atomic E-state index is 12.6. The van der Waals surface area contributed by atoms with Gasteiger partial charge in [0.05, 0.1) is 0 Å². The number of carbonyl (C=O) groups excluding carboxylic acids is 2. The largest absolute Gasteiger partial charge is 0.354 e. The summed E-state index contributed by atoms with van der Waals surface area (Å²) in [6, 6.07) is 14.5. The first-order valence-corrected chi connectivity index (χ1v) is 9.35. The number of rotatable bonds is 6. The van der Waals surface area contributed by atoms with Gasteiger partial charge in [0.15, 0.2) is 0 Å². The Labute approximate surface area is 163 Å². The van der Waals surface area contributed by atoms with E-state index in [9.17, 15) is 9.59 Å². The van der Waals surface area contributed by atoms with Gasteiger partial charge in [0.2, 0.25) is 11.8 Å². The molecule has 0 radical (unpaired) electrons. The number of benzene rings is 2. The van der Waals surface area contributed by atoms with Crippen molar-refractivity contribution < 1.29 is 9.59 Å². The molecule has 0 aliphatic carbocycles. The van der Waals surface area contributed by atoms with Gasteiger partial charge in [0.1, 0.15) is 6.04 Å². The third-order valence-corrected chi connectivity index (χ3v) is 5.18. The molecule has 0 saturated carbocycles. The van der Waals surface area contributed by atoms with E-state index in [1.807, 2.05) is 42.5 Å². The molecule has 2 amide bonds. The van der Waals surface area contributed by atoms with Crippen LogP contribution in [-0.4, -0.2) is 29.3 Å². The lowest BCUT2D eigenvalue weighted by Crippen LogP contribution is -2.44. The van der Waals surface area contributed by atoms with Crippen molar-refractivity contribution in [1.29, 1.82) is 0 Å². The van der Waals surface area contributed by atoms with E-state index in [0.717, 1.165) is 11.1 Å². The van der Waals surface area contributed by atoms with Crippen LogP contribution in [0, 0.1) is 0 Å². The van der Waals surface area contributed by atoms with Gasteiger partial charge in [0.25, 0.3) is 0 Å². The Hall–Kier alpha value is -2.04. The molecule has 4 nitrogen and oxygen atoms in total. The molecule has 0 unspecified atom stereocenters. The molecule has 1 aliphatic heterocycles. The molecule has 3 rings (SSSR count). The van der Waals surface area contributed by atoms with E-state index in [2.05, 4.69) is 5.32 Å². The topological polar surface area (TPSA) is 49.4 Å². The van der Waals surface area contributed by atoms with E-state index in [0.29, 0.717) is 42.4 Å². The molecule has 2 aromatic carbocycles. The molecule has 1 heterocycles. The van der Waals surface area contributed by atoms with E-state index in [-0.39, 0.29) is 11.8 Å². The second-order valence-corrected chi connectivity index (χ2v) is 7.18. The van der Waals surface area contributed by atoms with Crippen LogP contribution in [0.4, 0.5) is 0 Å². The van der Waals surface area contributed by atoms with Crippen LogP contribution >= 0.6 is 23.2 Å². The van der Waals surface area contributed by atoms with Crippen molar-refractivity contribution in [2.75, 3.05) is 6.54 Å². The van der Waals surface area contributed by atoms with Crippen LogP contribution in [-0.2, 0) is 22.6 Å². The number of carbonyl (C=O) groups is 2. The van der Waals surface area contributed by atoms with E-state index in [4.69, 9.17) is 23.2 Å². The molecule has 1 N–H and O–H groups in total. The van der Waals surface area contributed by atoms with Crippen molar-refractivity contribution in [1.82, 2.24) is 10.2 Å². The second-order valence-electron chi connectivity index (χ2n) is 6.34. The minimum absolute atomic E-state index is 0.0113. The standard InChI is InChI=1S/C20H20Cl2N2O2/c21-16-7-5-14(6-8-16)11-12-23-20(26)18-9-10-19(25)24(18)13-15-3-1-2-4-17(15)22/h1-8,18H,9-13H2,(H,23,26)/t18-/m0/s1. The molecule has 6 heteroatoms. The average molecular weight is 391 g/mol. The van der Waals surface area contributed by atoms with Gasteiger partial charge < -0.3 is 10.2 Å². The molecule has 2 aromatic rings. The number of halogens is 2. The molecule has 1 saturated heterocycles. The number of nitrogens with one attached hydrogen (secondary N) is 1. The van der Waals surface area contributed by atoms with Gasteiger partial charge in [-0.25, -0.2) is 0 Å². The maximum absolute atomic E-state index is 12.6. The average Bonchev–Trinajstić information content (AvgIpc) is 2.99. The van der Waals surface area contributed by atoms with Crippen LogP contribution < -0.4 is 5.32 Å². The van der Waals surface area contributed by atoms with Crippen molar-refractivity contribution in [2.45, 2.75) is 31.8 Å². The lowest BCUT2D eigenvalue weighted by Gasteiger charge is -2.24. The first-order valence-electron chi connectivity index (χ1n) is 8.59. The number of nitrogens with zero attached hydrogens (tertiary/aromatic N) is 1. The molecule has 1 atom stereocenters. The van der Waals surface area contributed by atoms with Crippen molar-refractivity contribution >= 4 is 35.0 Å². The van der Waals surface area contributed by atoms with Crippen molar-refractivity contribution in [3.63, 3.8) is 0 Å². The molecule has 1 fully saturated rings. The highest BCUT2D eigenvalue weighted by atomic mass is 35.5. The Morgan fingerprint density at radius 1 is 1.12 bits per heavy atom. The first kappa shape index (κ1) is 18.7. The maximum Gasteiger partial charge on any atom is 0.242 e. The minimum atomic E-state index is -0.441. The molecular weight excluding hydrogens is 371 g/mol. The van der Waals surface area contributed by atoms with Gasteiger partial charge in [-0.1, -0.05) is 53.5 Å².